The van der Waals surface area contributed by atoms with Gasteiger partial charge in [-0.3, -0.25) is 19.6 Å². The Balaban J connectivity index is 1.28. The zero-order chi connectivity index (χ0) is 36.7. The van der Waals surface area contributed by atoms with Crippen LogP contribution in [0.5, 0.6) is 0 Å². The van der Waals surface area contributed by atoms with Gasteiger partial charge in [0.1, 0.15) is 12.4 Å². The van der Waals surface area contributed by atoms with E-state index in [-0.39, 0.29) is 36.7 Å². The summed E-state index contributed by atoms with van der Waals surface area (Å²) in [6.07, 6.45) is 9.43. The minimum absolute atomic E-state index is 0.00374. The monoisotopic (exact) mass is 739 g/mol. The summed E-state index contributed by atoms with van der Waals surface area (Å²) in [5, 5.41) is 6.16. The number of hydrogen-bond donors (Lipinski definition) is 1. The zero-order valence-corrected chi connectivity index (χ0v) is 31.9. The Bertz CT molecular complexity index is 1770. The normalized spacial score (nSPS) is 14.1. The molecule has 0 bridgehead atoms. The predicted molar refractivity (Wildman–Crippen MR) is 208 cm³/mol. The van der Waals surface area contributed by atoms with Crippen molar-refractivity contribution in [3.05, 3.63) is 116 Å². The highest BCUT2D eigenvalue weighted by molar-refractivity contribution is 7.09. The topological polar surface area (TPSA) is 114 Å². The number of Topliss-reactive ketones (excluding diaryl/α,β-unsaturated/α-hetero) is 1. The number of carbonyl (C=O) groups is 3. The highest BCUT2D eigenvalue weighted by atomic mass is 32.1. The summed E-state index contributed by atoms with van der Waals surface area (Å²) in [5.41, 5.74) is 5.70. The number of aliphatic imine (C=N–C) groups is 1. The SMILES string of the molecule is CC(C)c1nc(CN(C)C(=O)C[C@@H](CC2=CCC=N2)C(=O)C[C@@H](CC[C@@H](Cc2ccccc2)NC(=O)OCc2cncs2)Cc2ccccc2)cs1. The maximum Gasteiger partial charge on any atom is 0.407 e. The van der Waals surface area contributed by atoms with E-state index < -0.39 is 12.0 Å². The maximum atomic E-state index is 14.3. The van der Waals surface area contributed by atoms with Gasteiger partial charge in [-0.2, -0.15) is 0 Å². The molecule has 0 radical (unpaired) electrons. The van der Waals surface area contributed by atoms with Gasteiger partial charge in [0, 0.05) is 67.7 Å². The van der Waals surface area contributed by atoms with Gasteiger partial charge in [-0.1, -0.05) is 80.6 Å². The largest absolute Gasteiger partial charge is 0.444 e. The number of ketones is 1. The van der Waals surface area contributed by atoms with E-state index in [4.69, 9.17) is 9.72 Å². The second-order valence-electron chi connectivity index (χ2n) is 13.8. The maximum absolute atomic E-state index is 14.3. The molecule has 1 aliphatic rings. The lowest BCUT2D eigenvalue weighted by molar-refractivity contribution is -0.135. The first-order chi connectivity index (χ1) is 25.2. The molecule has 0 spiro atoms. The minimum Gasteiger partial charge on any atom is -0.444 e. The Morgan fingerprint density at radius 1 is 0.923 bits per heavy atom. The van der Waals surface area contributed by atoms with Gasteiger partial charge < -0.3 is 15.0 Å². The quantitative estimate of drug-likeness (QED) is 0.0972. The van der Waals surface area contributed by atoms with Crippen molar-refractivity contribution in [1.82, 2.24) is 20.2 Å². The first kappa shape index (κ1) is 38.7. The van der Waals surface area contributed by atoms with E-state index in [1.165, 1.54) is 11.3 Å². The third kappa shape index (κ3) is 12.6. The van der Waals surface area contributed by atoms with Gasteiger partial charge in [0.05, 0.1) is 27.6 Å². The van der Waals surface area contributed by atoms with E-state index in [2.05, 4.69) is 53.4 Å². The number of nitrogens with one attached hydrogen (secondary N) is 1. The van der Waals surface area contributed by atoms with Gasteiger partial charge in [-0.25, -0.2) is 9.78 Å². The van der Waals surface area contributed by atoms with Crippen molar-refractivity contribution in [2.45, 2.75) is 90.3 Å². The van der Waals surface area contributed by atoms with Gasteiger partial charge in [-0.05, 0) is 49.1 Å². The first-order valence-corrected chi connectivity index (χ1v) is 19.8. The van der Waals surface area contributed by atoms with Crippen LogP contribution in [-0.4, -0.2) is 52.0 Å². The molecule has 3 atom stereocenters. The molecule has 11 heteroatoms. The number of alkyl carbamates (subject to hydrolysis) is 1. The van der Waals surface area contributed by atoms with Crippen molar-refractivity contribution in [1.29, 1.82) is 0 Å². The first-order valence-electron chi connectivity index (χ1n) is 18.0. The van der Waals surface area contributed by atoms with Gasteiger partial charge >= 0.3 is 6.09 Å². The van der Waals surface area contributed by atoms with Crippen molar-refractivity contribution in [2.24, 2.45) is 16.8 Å². The number of hydrogen-bond acceptors (Lipinski definition) is 9. The molecule has 9 nitrogen and oxygen atoms in total. The van der Waals surface area contributed by atoms with Gasteiger partial charge in [0.2, 0.25) is 5.91 Å². The number of carbonyl (C=O) groups excluding carboxylic acids is 3. The molecule has 0 unspecified atom stereocenters. The fourth-order valence-corrected chi connectivity index (χ4v) is 7.68. The van der Waals surface area contributed by atoms with E-state index in [1.54, 1.807) is 35.0 Å². The van der Waals surface area contributed by atoms with Crippen LogP contribution in [0.3, 0.4) is 0 Å². The molecule has 4 aromatic rings. The minimum atomic E-state index is -0.489. The average Bonchev–Trinajstić information content (AvgIpc) is 3.95. The van der Waals surface area contributed by atoms with Crippen molar-refractivity contribution in [3.8, 4) is 0 Å². The van der Waals surface area contributed by atoms with E-state index in [0.29, 0.717) is 51.0 Å². The van der Waals surface area contributed by atoms with Crippen LogP contribution in [0.2, 0.25) is 0 Å². The van der Waals surface area contributed by atoms with E-state index >= 15 is 0 Å². The van der Waals surface area contributed by atoms with Crippen LogP contribution in [-0.2, 0) is 40.3 Å². The van der Waals surface area contributed by atoms with Gasteiger partial charge in [0.25, 0.3) is 0 Å². The molecule has 2 aromatic heterocycles. The summed E-state index contributed by atoms with van der Waals surface area (Å²) < 4.78 is 5.53. The third-order valence-electron chi connectivity index (χ3n) is 9.19. The fourth-order valence-electron chi connectivity index (χ4n) is 6.35. The summed E-state index contributed by atoms with van der Waals surface area (Å²) in [4.78, 5) is 56.7. The molecule has 0 fully saturated rings. The van der Waals surface area contributed by atoms with Crippen molar-refractivity contribution >= 4 is 46.7 Å². The lowest BCUT2D eigenvalue weighted by Crippen LogP contribution is -2.37. The molecule has 0 saturated heterocycles. The van der Waals surface area contributed by atoms with Crippen LogP contribution >= 0.6 is 22.7 Å². The summed E-state index contributed by atoms with van der Waals surface area (Å²) in [7, 11) is 1.78. The molecule has 0 saturated carbocycles. The Labute approximate surface area is 315 Å². The number of amides is 2. The number of benzene rings is 2. The van der Waals surface area contributed by atoms with Crippen molar-refractivity contribution in [3.63, 3.8) is 0 Å². The second kappa shape index (κ2) is 19.9. The van der Waals surface area contributed by atoms with Crippen molar-refractivity contribution in [2.75, 3.05) is 7.05 Å². The summed E-state index contributed by atoms with van der Waals surface area (Å²) in [6, 6.07) is 20.1. The lowest BCUT2D eigenvalue weighted by atomic mass is 9.83. The van der Waals surface area contributed by atoms with E-state index in [0.717, 1.165) is 38.8 Å². The summed E-state index contributed by atoms with van der Waals surface area (Å²) in [5.74, 6) is -0.167. The van der Waals surface area contributed by atoms with Crippen LogP contribution in [0, 0.1) is 11.8 Å². The molecule has 274 valence electrons. The average molecular weight is 740 g/mol. The predicted octanol–water partition coefficient (Wildman–Crippen LogP) is 8.57. The lowest BCUT2D eigenvalue weighted by Gasteiger charge is -2.25. The number of aromatic nitrogens is 2. The van der Waals surface area contributed by atoms with Gasteiger partial charge in [-0.15, -0.1) is 22.7 Å². The standard InChI is InChI=1S/C41H49N5O4S2/c1-29(2)40-44-36(27-51-40)25-46(3)39(48)23-33(22-34-15-10-18-43-34)38(47)21-32(19-30-11-6-4-7-12-30)16-17-35(20-31-13-8-5-9-14-31)45-41(49)50-26-37-24-42-28-52-37/h4-9,11-15,18,24,27-29,32-33,35H,10,16-17,19-23,25-26H2,1-3H3,(H,45,49)/t32-,33+,35-/m0/s1. The molecule has 1 aliphatic heterocycles. The molecular formula is C41H49N5O4S2. The Kier molecular flexibility index (Phi) is 14.9. The highest BCUT2D eigenvalue weighted by Gasteiger charge is 2.28. The Morgan fingerprint density at radius 3 is 2.29 bits per heavy atom. The number of ether oxygens (including phenoxy) is 1. The Morgan fingerprint density at radius 2 is 1.65 bits per heavy atom. The summed E-state index contributed by atoms with van der Waals surface area (Å²) >= 11 is 3.05. The van der Waals surface area contributed by atoms with Crippen LogP contribution < -0.4 is 5.32 Å². The Hall–Kier alpha value is -4.48. The molecule has 2 amide bonds. The van der Waals surface area contributed by atoms with Crippen LogP contribution in [0.15, 0.2) is 94.5 Å². The highest BCUT2D eigenvalue weighted by Crippen LogP contribution is 2.28. The molecule has 1 N–H and O–H groups in total. The van der Waals surface area contributed by atoms with E-state index in [1.807, 2.05) is 54.1 Å². The molecule has 0 aliphatic carbocycles. The number of thiazole rings is 2. The molecule has 3 heterocycles. The molecular weight excluding hydrogens is 691 g/mol. The second-order valence-corrected chi connectivity index (χ2v) is 15.7. The van der Waals surface area contributed by atoms with E-state index in [9.17, 15) is 14.4 Å². The van der Waals surface area contributed by atoms with Gasteiger partial charge in [0.15, 0.2) is 0 Å². The molecule has 5 rings (SSSR count). The van der Waals surface area contributed by atoms with Crippen LogP contribution in [0.4, 0.5) is 4.79 Å². The fraction of sp³-hybridized carbons (Fsp3) is 0.415. The molecule has 2 aromatic carbocycles. The third-order valence-corrected chi connectivity index (χ3v) is 11.1. The number of nitrogens with zero attached hydrogens (tertiary/aromatic N) is 4. The summed E-state index contributed by atoms with van der Waals surface area (Å²) in [6.45, 7) is 4.79. The zero-order valence-electron chi connectivity index (χ0n) is 30.3. The number of allylic oxidation sites excluding steroid dienone is 2. The van der Waals surface area contributed by atoms with Crippen molar-refractivity contribution < 1.29 is 19.1 Å². The molecule has 52 heavy (non-hydrogen) atoms. The van der Waals surface area contributed by atoms with Crippen LogP contribution in [0.25, 0.3) is 0 Å². The number of rotatable bonds is 20. The van der Waals surface area contributed by atoms with Crippen LogP contribution in [0.1, 0.15) is 85.0 Å². The smallest absolute Gasteiger partial charge is 0.407 e.